The molecular formula is C17H22N4O3. The second-order valence-electron chi connectivity index (χ2n) is 7.14. The summed E-state index contributed by atoms with van der Waals surface area (Å²) in [6, 6.07) is 5.18. The Hall–Kier alpha value is -2.25. The molecule has 0 saturated carbocycles. The summed E-state index contributed by atoms with van der Waals surface area (Å²) >= 11 is 0. The fourth-order valence-corrected chi connectivity index (χ4v) is 2.86. The van der Waals surface area contributed by atoms with Crippen molar-refractivity contribution in [2.24, 2.45) is 11.8 Å². The van der Waals surface area contributed by atoms with Crippen molar-refractivity contribution in [3.63, 3.8) is 0 Å². The first-order valence-electron chi connectivity index (χ1n) is 7.99. The smallest absolute Gasteiger partial charge is 0.420 e. The van der Waals surface area contributed by atoms with E-state index < -0.39 is 11.7 Å². The Morgan fingerprint density at radius 3 is 2.71 bits per heavy atom. The summed E-state index contributed by atoms with van der Waals surface area (Å²) < 4.78 is 6.71. The number of ether oxygens (including phenoxy) is 1. The Morgan fingerprint density at radius 2 is 2.08 bits per heavy atom. The van der Waals surface area contributed by atoms with Crippen molar-refractivity contribution in [2.75, 3.05) is 13.1 Å². The van der Waals surface area contributed by atoms with Gasteiger partial charge in [-0.3, -0.25) is 10.6 Å². The van der Waals surface area contributed by atoms with Gasteiger partial charge >= 0.3 is 6.09 Å². The predicted octanol–water partition coefficient (Wildman–Crippen LogP) is 2.20. The van der Waals surface area contributed by atoms with Crippen LogP contribution in [0.3, 0.4) is 0 Å². The third-order valence-corrected chi connectivity index (χ3v) is 4.01. The van der Waals surface area contributed by atoms with Gasteiger partial charge in [-0.15, -0.1) is 0 Å². The molecule has 1 fully saturated rings. The van der Waals surface area contributed by atoms with Crippen molar-refractivity contribution < 1.29 is 14.3 Å². The van der Waals surface area contributed by atoms with Crippen LogP contribution >= 0.6 is 0 Å². The lowest BCUT2D eigenvalue weighted by Gasteiger charge is -2.19. The molecule has 128 valence electrons. The van der Waals surface area contributed by atoms with Crippen LogP contribution in [0.4, 0.5) is 4.79 Å². The van der Waals surface area contributed by atoms with Gasteiger partial charge < -0.3 is 4.74 Å². The maximum Gasteiger partial charge on any atom is 0.420 e. The minimum absolute atomic E-state index is 0.0664. The molecule has 7 heteroatoms. The number of ketones is 1. The third-order valence-electron chi connectivity index (χ3n) is 4.01. The monoisotopic (exact) mass is 330 g/mol. The molecule has 1 atom stereocenters. The lowest BCUT2D eigenvalue weighted by atomic mass is 9.97. The van der Waals surface area contributed by atoms with Gasteiger partial charge in [0.25, 0.3) is 0 Å². The number of aromatic nitrogens is 2. The van der Waals surface area contributed by atoms with Crippen LogP contribution in [0.25, 0.3) is 11.0 Å². The largest absolute Gasteiger partial charge is 0.443 e. The molecule has 0 bridgehead atoms. The van der Waals surface area contributed by atoms with E-state index in [1.54, 1.807) is 23.2 Å². The molecule has 1 saturated heterocycles. The fourth-order valence-electron chi connectivity index (χ4n) is 2.86. The van der Waals surface area contributed by atoms with Crippen LogP contribution in [-0.2, 0) is 4.74 Å². The summed E-state index contributed by atoms with van der Waals surface area (Å²) in [5, 5.41) is 1.67. The number of fused-ring (bicyclic) bond motifs is 1. The summed E-state index contributed by atoms with van der Waals surface area (Å²) in [6.07, 6.45) is 1.70. The molecule has 0 spiro atoms. The second kappa shape index (κ2) is 5.99. The van der Waals surface area contributed by atoms with E-state index >= 15 is 0 Å². The number of hydrogen-bond donors (Lipinski definition) is 1. The van der Waals surface area contributed by atoms with Crippen LogP contribution < -0.4 is 5.84 Å². The highest BCUT2D eigenvalue weighted by atomic mass is 16.6. The average molecular weight is 330 g/mol. The predicted molar refractivity (Wildman–Crippen MR) is 89.6 cm³/mol. The Kier molecular flexibility index (Phi) is 4.15. The Bertz CT molecular complexity index is 791. The van der Waals surface area contributed by atoms with Crippen LogP contribution in [-0.4, -0.2) is 45.1 Å². The van der Waals surface area contributed by atoms with E-state index in [9.17, 15) is 9.59 Å². The van der Waals surface area contributed by atoms with Gasteiger partial charge in [-0.25, -0.2) is 19.4 Å². The van der Waals surface area contributed by atoms with Crippen LogP contribution in [0.1, 0.15) is 37.6 Å². The third kappa shape index (κ3) is 3.32. The Labute approximate surface area is 140 Å². The number of Topliss-reactive ketones (excluding diaryl/α,β-unsaturated/α-hetero) is 1. The number of nitrogens with zero attached hydrogens (tertiary/aromatic N) is 3. The van der Waals surface area contributed by atoms with Gasteiger partial charge in [0, 0.05) is 24.6 Å². The zero-order valence-electron chi connectivity index (χ0n) is 14.2. The first-order valence-corrected chi connectivity index (χ1v) is 7.99. The Morgan fingerprint density at radius 1 is 1.33 bits per heavy atom. The quantitative estimate of drug-likeness (QED) is 0.670. The van der Waals surface area contributed by atoms with Crippen molar-refractivity contribution >= 4 is 22.9 Å². The molecule has 24 heavy (non-hydrogen) atoms. The van der Waals surface area contributed by atoms with Crippen LogP contribution in [0.2, 0.25) is 0 Å². The molecule has 1 unspecified atom stereocenters. The highest BCUT2D eigenvalue weighted by molar-refractivity contribution is 6.01. The van der Waals surface area contributed by atoms with Gasteiger partial charge in [-0.2, -0.15) is 0 Å². The van der Waals surface area contributed by atoms with Gasteiger partial charge in [0.2, 0.25) is 0 Å². The standard InChI is InChI=1S/C17H22N4O3/c1-17(2,3)24-16(23)21-10-19-13-8-11(4-5-14(13)21)15(22)12-6-7-20(18)9-12/h4-5,8,10,12H,6-7,9,18H2,1-3H3. The minimum atomic E-state index is -0.583. The summed E-state index contributed by atoms with van der Waals surface area (Å²) in [4.78, 5) is 29.0. The molecular weight excluding hydrogens is 308 g/mol. The van der Waals surface area contributed by atoms with E-state index in [2.05, 4.69) is 4.98 Å². The topological polar surface area (TPSA) is 90.5 Å². The van der Waals surface area contributed by atoms with Gasteiger partial charge in [0.05, 0.1) is 11.0 Å². The van der Waals surface area contributed by atoms with Crippen molar-refractivity contribution in [1.29, 1.82) is 0 Å². The molecule has 1 aromatic carbocycles. The summed E-state index contributed by atoms with van der Waals surface area (Å²) in [7, 11) is 0. The maximum absolute atomic E-state index is 12.6. The minimum Gasteiger partial charge on any atom is -0.443 e. The normalized spacial score (nSPS) is 18.9. The SMILES string of the molecule is CC(C)(C)OC(=O)n1cnc2cc(C(=O)C3CCN(N)C3)ccc21. The number of imidazole rings is 1. The van der Waals surface area contributed by atoms with Crippen LogP contribution in [0, 0.1) is 5.92 Å². The maximum atomic E-state index is 12.6. The van der Waals surface area contributed by atoms with Crippen molar-refractivity contribution in [3.8, 4) is 0 Å². The van der Waals surface area contributed by atoms with Gasteiger partial charge in [-0.1, -0.05) is 0 Å². The number of rotatable bonds is 2. The molecule has 7 nitrogen and oxygen atoms in total. The van der Waals surface area contributed by atoms with E-state index in [1.807, 2.05) is 20.8 Å². The van der Waals surface area contributed by atoms with E-state index in [0.29, 0.717) is 23.1 Å². The Balaban J connectivity index is 1.86. The molecule has 1 aliphatic heterocycles. The highest BCUT2D eigenvalue weighted by Gasteiger charge is 2.28. The van der Waals surface area contributed by atoms with Crippen molar-refractivity contribution in [2.45, 2.75) is 32.8 Å². The van der Waals surface area contributed by atoms with Crippen LogP contribution in [0.15, 0.2) is 24.5 Å². The van der Waals surface area contributed by atoms with Crippen LogP contribution in [0.5, 0.6) is 0 Å². The molecule has 2 aromatic rings. The van der Waals surface area contributed by atoms with E-state index in [-0.39, 0.29) is 11.7 Å². The first-order chi connectivity index (χ1) is 11.2. The summed E-state index contributed by atoms with van der Waals surface area (Å²) in [6.45, 7) is 6.73. The van der Waals surface area contributed by atoms with Crippen molar-refractivity contribution in [3.05, 3.63) is 30.1 Å². The number of hydrogen-bond acceptors (Lipinski definition) is 6. The molecule has 2 N–H and O–H groups in total. The molecule has 0 radical (unpaired) electrons. The highest BCUT2D eigenvalue weighted by Crippen LogP contribution is 2.22. The zero-order chi connectivity index (χ0) is 17.5. The van der Waals surface area contributed by atoms with E-state index in [4.69, 9.17) is 10.6 Å². The molecule has 1 aliphatic rings. The van der Waals surface area contributed by atoms with Gasteiger partial charge in [0.15, 0.2) is 5.78 Å². The molecule has 0 amide bonds. The first kappa shape index (κ1) is 16.6. The number of benzene rings is 1. The lowest BCUT2D eigenvalue weighted by Crippen LogP contribution is -2.29. The van der Waals surface area contributed by atoms with E-state index in [0.717, 1.165) is 13.0 Å². The summed E-state index contributed by atoms with van der Waals surface area (Å²) in [5.41, 5.74) is 1.22. The molecule has 3 rings (SSSR count). The zero-order valence-corrected chi connectivity index (χ0v) is 14.2. The second-order valence-corrected chi connectivity index (χ2v) is 7.14. The average Bonchev–Trinajstić information content (AvgIpc) is 3.10. The molecule has 1 aromatic heterocycles. The summed E-state index contributed by atoms with van der Waals surface area (Å²) in [5.74, 6) is 5.72. The number of carbonyl (C=O) groups excluding carboxylic acids is 2. The number of carbonyl (C=O) groups is 2. The van der Waals surface area contributed by atoms with Gasteiger partial charge in [0.1, 0.15) is 11.9 Å². The fraction of sp³-hybridized carbons (Fsp3) is 0.471. The molecule has 0 aliphatic carbocycles. The van der Waals surface area contributed by atoms with Gasteiger partial charge in [-0.05, 0) is 45.4 Å². The lowest BCUT2D eigenvalue weighted by molar-refractivity contribution is 0.0543. The molecule has 2 heterocycles. The number of nitrogens with two attached hydrogens (primary N) is 1. The van der Waals surface area contributed by atoms with Crippen molar-refractivity contribution in [1.82, 2.24) is 14.6 Å². The van der Waals surface area contributed by atoms with E-state index in [1.165, 1.54) is 10.9 Å². The number of hydrazine groups is 1.